The molecule has 0 saturated heterocycles. The van der Waals surface area contributed by atoms with Crippen molar-refractivity contribution in [1.29, 1.82) is 21.0 Å². The Balaban J connectivity index is 0.000000108. The quantitative estimate of drug-likeness (QED) is 0.114. The second-order valence-electron chi connectivity index (χ2n) is 32.2. The maximum atomic E-state index is 9.42. The van der Waals surface area contributed by atoms with Gasteiger partial charge < -0.3 is 19.6 Å². The molecule has 12 nitrogen and oxygen atoms in total. The Kier molecular flexibility index (Phi) is 24.5. The Bertz CT molecular complexity index is 7440. The number of aromatic nitrogens is 4. The van der Waals surface area contributed by atoms with Crippen molar-refractivity contribution in [2.24, 2.45) is 0 Å². The molecule has 0 atom stereocenters. The van der Waals surface area contributed by atoms with E-state index in [4.69, 9.17) is 10.5 Å². The number of hydrogen-bond acceptors (Lipinski definition) is 16. The Hall–Kier alpha value is -17.3. The summed E-state index contributed by atoms with van der Waals surface area (Å²) in [6.45, 7) is 0. The van der Waals surface area contributed by atoms with Crippen molar-refractivity contribution in [3.63, 3.8) is 0 Å². The fraction of sp³-hybridized carbons (Fsp3) is 0. The first kappa shape index (κ1) is 85.5. The normalized spacial score (nSPS) is 11.9. The van der Waals surface area contributed by atoms with Crippen molar-refractivity contribution in [2.75, 3.05) is 19.6 Å². The number of nitrogens with zero attached hydrogens (tertiary/aromatic N) is 12. The summed E-state index contributed by atoms with van der Waals surface area (Å²) >= 11 is 7.26. The molecule has 0 aliphatic carbocycles. The van der Waals surface area contributed by atoms with Gasteiger partial charge in [-0.3, -0.25) is 15.0 Å². The smallest absolute Gasteiger partial charge is 0.141 e. The molecule has 0 amide bonds. The van der Waals surface area contributed by atoms with Crippen LogP contribution in [0.5, 0.6) is 0 Å². The average molecular weight is 1810 g/mol. The Morgan fingerprint density at radius 2 is 0.485 bits per heavy atom. The largest absolute Gasteiger partial charge is 0.308 e. The lowest BCUT2D eigenvalue weighted by molar-refractivity contribution is 1.17. The molecule has 4 aliphatic heterocycles. The summed E-state index contributed by atoms with van der Waals surface area (Å²) in [5, 5.41) is 37.1. The minimum Gasteiger partial charge on any atom is -0.308 e. The molecule has 0 N–H and O–H groups in total. The second-order valence-corrected chi connectivity index (χ2v) is 36.5. The zero-order valence-electron chi connectivity index (χ0n) is 72.9. The van der Waals surface area contributed by atoms with Gasteiger partial charge in [0, 0.05) is 122 Å². The van der Waals surface area contributed by atoms with E-state index in [2.05, 4.69) is 452 Å². The third-order valence-electron chi connectivity index (χ3n) is 23.9. The second kappa shape index (κ2) is 39.0. The number of nitriles is 4. The zero-order valence-corrected chi connectivity index (χ0v) is 76.1. The predicted octanol–water partition coefficient (Wildman–Crippen LogP) is 32.9. The minimum absolute atomic E-state index is 0.425. The standard InChI is InChI=1S/4C30H19N3S/c31-18-21-16-25(20-32-19-21)23-14-12-22(13-15-23)24-6-5-7-26(17-24)33-27-8-1-3-10-29(27)34-30-11-4-2-9-28(30)33;31-20-25-18-24(16-17-32-25)22-14-12-21(13-15-22)23-6-5-7-26(19-23)33-27-8-1-3-10-29(27)34-30-11-4-2-9-28(30)33;31-19-24-20-32-17-16-26(24)22-14-12-21(13-15-22)23-6-5-7-25(18-23)33-27-8-1-3-10-29(27)34-30-11-4-2-9-28(30)33;31-19-24-16-17-32-20-26(24)22-14-12-21(13-15-22)23-6-5-7-25(18-23)33-27-8-1-3-10-29(27)34-30-11-4-2-9-28(30)33/h1-17,19-20H;1-19H;2*1-18,20H. The van der Waals surface area contributed by atoms with Gasteiger partial charge in [0.25, 0.3) is 0 Å². The SMILES string of the molecule is N#Cc1cc(-c2ccc(-c3cccc(N4c5ccccc5Sc5ccccc54)c3)cc2)ccn1.N#Cc1ccncc1-c1ccc(-c2cccc(N3c4ccccc4Sc4ccccc43)c2)cc1.N#Cc1cncc(-c2ccc(-c3cccc(N4c5ccccc5Sc5ccccc54)c3)cc2)c1.N#Cc1cnccc1-c1ccc(-c2cccc(N3c4ccccc4Sc4ccccc43)c2)cc1. The van der Waals surface area contributed by atoms with Crippen LogP contribution < -0.4 is 19.6 Å². The molecule has 0 radical (unpaired) electrons. The van der Waals surface area contributed by atoms with Gasteiger partial charge in [-0.1, -0.05) is 290 Å². The molecule has 20 aromatic rings. The van der Waals surface area contributed by atoms with E-state index in [0.29, 0.717) is 22.4 Å². The lowest BCUT2D eigenvalue weighted by atomic mass is 9.98. The van der Waals surface area contributed by atoms with Gasteiger partial charge in [0.2, 0.25) is 0 Å². The van der Waals surface area contributed by atoms with Crippen LogP contribution in [-0.2, 0) is 0 Å². The number of fused-ring (bicyclic) bond motifs is 8. The van der Waals surface area contributed by atoms with Crippen molar-refractivity contribution in [2.45, 2.75) is 39.2 Å². The molecule has 4 aliphatic rings. The minimum atomic E-state index is 0.425. The molecule has 136 heavy (non-hydrogen) atoms. The highest BCUT2D eigenvalue weighted by Crippen LogP contribution is 2.57. The van der Waals surface area contributed by atoms with E-state index in [1.165, 1.54) is 84.7 Å². The van der Waals surface area contributed by atoms with Gasteiger partial charge >= 0.3 is 0 Å². The number of anilines is 12. The van der Waals surface area contributed by atoms with E-state index >= 15 is 0 Å². The number of para-hydroxylation sites is 8. The van der Waals surface area contributed by atoms with Crippen LogP contribution in [0.15, 0.2) is 501 Å². The summed E-state index contributed by atoms with van der Waals surface area (Å²) in [6, 6.07) is 155. The van der Waals surface area contributed by atoms with Crippen LogP contribution in [0.2, 0.25) is 0 Å². The van der Waals surface area contributed by atoms with Crippen LogP contribution in [-0.4, -0.2) is 19.9 Å². The Morgan fingerprint density at radius 1 is 0.191 bits per heavy atom. The summed E-state index contributed by atoms with van der Waals surface area (Å²) in [5.74, 6) is 0. The lowest BCUT2D eigenvalue weighted by Gasteiger charge is -2.33. The van der Waals surface area contributed by atoms with E-state index in [9.17, 15) is 10.5 Å². The van der Waals surface area contributed by atoms with Crippen LogP contribution in [0.4, 0.5) is 68.2 Å². The fourth-order valence-electron chi connectivity index (χ4n) is 17.4. The van der Waals surface area contributed by atoms with Crippen molar-refractivity contribution < 1.29 is 0 Å². The number of pyridine rings is 4. The van der Waals surface area contributed by atoms with Crippen LogP contribution in [0.25, 0.3) is 89.0 Å². The topological polar surface area (TPSA) is 160 Å². The van der Waals surface area contributed by atoms with E-state index in [1.807, 2.05) is 71.3 Å². The van der Waals surface area contributed by atoms with Gasteiger partial charge in [0.1, 0.15) is 23.9 Å². The summed E-state index contributed by atoms with van der Waals surface area (Å²) in [7, 11) is 0. The van der Waals surface area contributed by atoms with E-state index < -0.39 is 0 Å². The van der Waals surface area contributed by atoms with Gasteiger partial charge in [-0.15, -0.1) is 0 Å². The van der Waals surface area contributed by atoms with Crippen molar-refractivity contribution >= 4 is 115 Å². The number of hydrogen-bond donors (Lipinski definition) is 0. The molecule has 16 aromatic carbocycles. The predicted molar refractivity (Wildman–Crippen MR) is 555 cm³/mol. The highest BCUT2D eigenvalue weighted by Gasteiger charge is 2.30. The first-order chi connectivity index (χ1) is 67.2. The molecular formula is C120H76N12S4. The molecule has 0 fully saturated rings. The van der Waals surface area contributed by atoms with Crippen LogP contribution in [0.3, 0.4) is 0 Å². The molecule has 0 unspecified atom stereocenters. The van der Waals surface area contributed by atoms with Gasteiger partial charge in [-0.2, -0.15) is 21.0 Å². The first-order valence-corrected chi connectivity index (χ1v) is 47.4. The van der Waals surface area contributed by atoms with Gasteiger partial charge in [-0.25, -0.2) is 4.98 Å². The third-order valence-corrected chi connectivity index (χ3v) is 28.5. The summed E-state index contributed by atoms with van der Waals surface area (Å²) < 4.78 is 0. The molecule has 16 heteroatoms. The van der Waals surface area contributed by atoms with Crippen LogP contribution >= 0.6 is 47.0 Å². The van der Waals surface area contributed by atoms with E-state index in [1.54, 1.807) is 49.4 Å². The summed E-state index contributed by atoms with van der Waals surface area (Å²) in [4.78, 5) is 35.9. The summed E-state index contributed by atoms with van der Waals surface area (Å²) in [6.07, 6.45) is 11.8. The van der Waals surface area contributed by atoms with Gasteiger partial charge in [0.15, 0.2) is 0 Å². The monoisotopic (exact) mass is 1810 g/mol. The average Bonchev–Trinajstić information content (AvgIpc) is 0.773. The van der Waals surface area contributed by atoms with E-state index in [-0.39, 0.29) is 0 Å². The Morgan fingerprint density at radius 3 is 0.809 bits per heavy atom. The van der Waals surface area contributed by atoms with Crippen molar-refractivity contribution in [3.8, 4) is 113 Å². The van der Waals surface area contributed by atoms with Gasteiger partial charge in [-0.05, 0) is 248 Å². The van der Waals surface area contributed by atoms with Gasteiger partial charge in [0.05, 0.1) is 68.3 Å². The van der Waals surface area contributed by atoms with Crippen molar-refractivity contribution in [1.82, 2.24) is 19.9 Å². The maximum absolute atomic E-state index is 9.42. The van der Waals surface area contributed by atoms with E-state index in [0.717, 1.165) is 112 Å². The zero-order chi connectivity index (χ0) is 91.6. The number of rotatable bonds is 12. The molecular weight excluding hydrogens is 1740 g/mol. The van der Waals surface area contributed by atoms with Crippen LogP contribution in [0, 0.1) is 45.3 Å². The number of benzene rings is 16. The third kappa shape index (κ3) is 17.7. The highest BCUT2D eigenvalue weighted by atomic mass is 32.2. The Labute approximate surface area is 806 Å². The molecule has 4 aromatic heterocycles. The molecule has 0 saturated carbocycles. The molecule has 24 rings (SSSR count). The lowest BCUT2D eigenvalue weighted by Crippen LogP contribution is -2.14. The summed E-state index contributed by atoms with van der Waals surface area (Å²) in [5.41, 5.74) is 33.2. The molecule has 8 heterocycles. The maximum Gasteiger partial charge on any atom is 0.141 e. The molecule has 640 valence electrons. The molecule has 0 spiro atoms. The highest BCUT2D eigenvalue weighted by molar-refractivity contribution is 8.00. The van der Waals surface area contributed by atoms with Crippen LogP contribution in [0.1, 0.15) is 22.4 Å². The van der Waals surface area contributed by atoms with Crippen molar-refractivity contribution in [3.05, 3.63) is 484 Å². The molecule has 0 bridgehead atoms. The first-order valence-electron chi connectivity index (χ1n) is 44.1. The fourth-order valence-corrected chi connectivity index (χ4v) is 21.6.